The minimum atomic E-state index is -0.796. The third-order valence-corrected chi connectivity index (χ3v) is 6.72. The Morgan fingerprint density at radius 1 is 1.17 bits per heavy atom. The number of piperazine rings is 1. The summed E-state index contributed by atoms with van der Waals surface area (Å²) in [6.07, 6.45) is 0.0647. The van der Waals surface area contributed by atoms with Crippen molar-refractivity contribution in [3.8, 4) is 0 Å². The van der Waals surface area contributed by atoms with Crippen LogP contribution in [0.25, 0.3) is 10.2 Å². The van der Waals surface area contributed by atoms with Gasteiger partial charge in [0.25, 0.3) is 0 Å². The third-order valence-electron chi connectivity index (χ3n) is 5.43. The minimum absolute atomic E-state index is 0.0647. The molecule has 0 saturated carbocycles. The topological polar surface area (TPSA) is 56.7 Å². The van der Waals surface area contributed by atoms with Crippen LogP contribution in [0.4, 0.5) is 5.13 Å². The van der Waals surface area contributed by atoms with Crippen LogP contribution in [-0.4, -0.2) is 46.1 Å². The number of aliphatic carboxylic acids is 1. The van der Waals surface area contributed by atoms with Gasteiger partial charge in [0.05, 0.1) is 16.6 Å². The molecule has 1 aliphatic rings. The molecule has 1 aliphatic heterocycles. The second-order valence-electron chi connectivity index (χ2n) is 7.78. The van der Waals surface area contributed by atoms with Gasteiger partial charge in [-0.25, -0.2) is 4.98 Å². The zero-order valence-electron chi connectivity index (χ0n) is 16.5. The van der Waals surface area contributed by atoms with E-state index >= 15 is 0 Å². The van der Waals surface area contributed by atoms with Gasteiger partial charge in [-0.1, -0.05) is 47.2 Å². The predicted octanol–water partition coefficient (Wildman–Crippen LogP) is 4.68. The van der Waals surface area contributed by atoms with Crippen molar-refractivity contribution in [2.45, 2.75) is 38.9 Å². The van der Waals surface area contributed by atoms with Crippen molar-refractivity contribution in [2.75, 3.05) is 18.0 Å². The number of aromatic nitrogens is 1. The Labute approximate surface area is 179 Å². The van der Waals surface area contributed by atoms with Gasteiger partial charge < -0.3 is 10.0 Å². The Kier molecular flexibility index (Phi) is 5.76. The summed E-state index contributed by atoms with van der Waals surface area (Å²) < 4.78 is 1.12. The average molecular weight is 430 g/mol. The van der Waals surface area contributed by atoms with Gasteiger partial charge in [-0.2, -0.15) is 0 Å². The first-order valence-electron chi connectivity index (χ1n) is 9.75. The molecule has 4 rings (SSSR count). The standard InChI is InChI=1S/C22H24ClN3O2S/c1-14-12-26(22-24-19-7-6-18(23)10-20(19)29-22)15(2)11-25(14)13-17-5-3-4-16(8-17)9-21(27)28/h3-8,10,14-15H,9,11-13H2,1-2H3,(H,27,28). The molecule has 2 unspecified atom stereocenters. The molecule has 5 nitrogen and oxygen atoms in total. The highest BCUT2D eigenvalue weighted by Gasteiger charge is 2.30. The van der Waals surface area contributed by atoms with E-state index in [1.165, 1.54) is 0 Å². The van der Waals surface area contributed by atoms with Crippen LogP contribution in [-0.2, 0) is 17.8 Å². The van der Waals surface area contributed by atoms with Gasteiger partial charge in [-0.05, 0) is 43.2 Å². The monoisotopic (exact) mass is 429 g/mol. The van der Waals surface area contributed by atoms with Crippen molar-refractivity contribution in [3.05, 3.63) is 58.6 Å². The number of nitrogens with zero attached hydrogens (tertiary/aromatic N) is 3. The molecule has 2 heterocycles. The van der Waals surface area contributed by atoms with Crippen molar-refractivity contribution in [2.24, 2.45) is 0 Å². The molecule has 29 heavy (non-hydrogen) atoms. The molecule has 0 radical (unpaired) electrons. The quantitative estimate of drug-likeness (QED) is 0.638. The first kappa shape index (κ1) is 20.1. The molecule has 1 fully saturated rings. The van der Waals surface area contributed by atoms with E-state index in [1.807, 2.05) is 36.4 Å². The van der Waals surface area contributed by atoms with Crippen molar-refractivity contribution in [3.63, 3.8) is 0 Å². The normalized spacial score (nSPS) is 20.3. The van der Waals surface area contributed by atoms with E-state index in [9.17, 15) is 4.79 Å². The maximum absolute atomic E-state index is 11.0. The number of hydrogen-bond donors (Lipinski definition) is 1. The summed E-state index contributed by atoms with van der Waals surface area (Å²) in [4.78, 5) is 20.7. The van der Waals surface area contributed by atoms with Crippen molar-refractivity contribution in [1.82, 2.24) is 9.88 Å². The molecule has 0 aliphatic carbocycles. The minimum Gasteiger partial charge on any atom is -0.481 e. The number of thiazole rings is 1. The number of carbonyl (C=O) groups is 1. The summed E-state index contributed by atoms with van der Waals surface area (Å²) in [5.41, 5.74) is 3.00. The highest BCUT2D eigenvalue weighted by Crippen LogP contribution is 2.33. The SMILES string of the molecule is CC1CN(c2nc3ccc(Cl)cc3s2)C(C)CN1Cc1cccc(CC(=O)O)c1. The molecule has 3 aromatic rings. The van der Waals surface area contributed by atoms with Crippen molar-refractivity contribution in [1.29, 1.82) is 0 Å². The van der Waals surface area contributed by atoms with Gasteiger partial charge in [0.1, 0.15) is 0 Å². The molecule has 152 valence electrons. The van der Waals surface area contributed by atoms with E-state index in [-0.39, 0.29) is 6.42 Å². The summed E-state index contributed by atoms with van der Waals surface area (Å²) in [5, 5.41) is 10.8. The maximum atomic E-state index is 11.0. The second-order valence-corrected chi connectivity index (χ2v) is 9.22. The summed E-state index contributed by atoms with van der Waals surface area (Å²) in [6, 6.07) is 14.5. The van der Waals surface area contributed by atoms with E-state index in [1.54, 1.807) is 11.3 Å². The van der Waals surface area contributed by atoms with Gasteiger partial charge in [-0.3, -0.25) is 9.69 Å². The second kappa shape index (κ2) is 8.30. The lowest BCUT2D eigenvalue weighted by Gasteiger charge is -2.44. The molecule has 0 bridgehead atoms. The number of benzene rings is 2. The highest BCUT2D eigenvalue weighted by molar-refractivity contribution is 7.22. The fraction of sp³-hybridized carbons (Fsp3) is 0.364. The lowest BCUT2D eigenvalue weighted by atomic mass is 10.0. The number of hydrogen-bond acceptors (Lipinski definition) is 5. The molecule has 7 heteroatoms. The predicted molar refractivity (Wildman–Crippen MR) is 119 cm³/mol. The van der Waals surface area contributed by atoms with Crippen LogP contribution in [0, 0.1) is 0 Å². The smallest absolute Gasteiger partial charge is 0.307 e. The molecule has 0 spiro atoms. The molecular weight excluding hydrogens is 406 g/mol. The van der Waals surface area contributed by atoms with Gasteiger partial charge in [0.2, 0.25) is 0 Å². The van der Waals surface area contributed by atoms with E-state index in [4.69, 9.17) is 21.7 Å². The Morgan fingerprint density at radius 3 is 2.76 bits per heavy atom. The van der Waals surface area contributed by atoms with Gasteiger partial charge in [0, 0.05) is 36.7 Å². The zero-order valence-corrected chi connectivity index (χ0v) is 18.1. The average Bonchev–Trinajstić information content (AvgIpc) is 3.07. The van der Waals surface area contributed by atoms with Gasteiger partial charge in [0.15, 0.2) is 5.13 Å². The summed E-state index contributed by atoms with van der Waals surface area (Å²) in [7, 11) is 0. The molecular formula is C22H24ClN3O2S. The summed E-state index contributed by atoms with van der Waals surface area (Å²) >= 11 is 7.82. The molecule has 0 amide bonds. The zero-order chi connectivity index (χ0) is 20.5. The van der Waals surface area contributed by atoms with Gasteiger partial charge >= 0.3 is 5.97 Å². The van der Waals surface area contributed by atoms with E-state index in [0.717, 1.165) is 51.1 Å². The lowest BCUT2D eigenvalue weighted by Crippen LogP contribution is -2.56. The van der Waals surface area contributed by atoms with Crippen LogP contribution in [0.3, 0.4) is 0 Å². The summed E-state index contributed by atoms with van der Waals surface area (Å²) in [5.74, 6) is -0.796. The Morgan fingerprint density at radius 2 is 1.97 bits per heavy atom. The van der Waals surface area contributed by atoms with Crippen molar-refractivity contribution < 1.29 is 9.90 Å². The van der Waals surface area contributed by atoms with Crippen LogP contribution in [0.15, 0.2) is 42.5 Å². The number of halogens is 1. The molecule has 1 saturated heterocycles. The molecule has 1 aromatic heterocycles. The number of carboxylic acids is 1. The van der Waals surface area contributed by atoms with E-state index < -0.39 is 5.97 Å². The molecule has 2 atom stereocenters. The largest absolute Gasteiger partial charge is 0.481 e. The number of anilines is 1. The molecule has 1 N–H and O–H groups in total. The Hall–Kier alpha value is -2.15. The fourth-order valence-corrected chi connectivity index (χ4v) is 5.29. The van der Waals surface area contributed by atoms with Crippen LogP contribution in [0.1, 0.15) is 25.0 Å². The first-order chi connectivity index (χ1) is 13.9. The van der Waals surface area contributed by atoms with Crippen LogP contribution in [0.2, 0.25) is 5.02 Å². The van der Waals surface area contributed by atoms with Crippen LogP contribution < -0.4 is 4.90 Å². The Bertz CT molecular complexity index is 1040. The fourth-order valence-electron chi connectivity index (χ4n) is 3.94. The van der Waals surface area contributed by atoms with Crippen LogP contribution in [0.5, 0.6) is 0 Å². The molecule has 2 aromatic carbocycles. The third kappa shape index (κ3) is 4.55. The number of fused-ring (bicyclic) bond motifs is 1. The summed E-state index contributed by atoms with van der Waals surface area (Å²) in [6.45, 7) is 7.13. The van der Waals surface area contributed by atoms with E-state index in [0.29, 0.717) is 12.1 Å². The maximum Gasteiger partial charge on any atom is 0.307 e. The highest BCUT2D eigenvalue weighted by atomic mass is 35.5. The Balaban J connectivity index is 1.48. The number of carboxylic acid groups (broad SMARTS) is 1. The van der Waals surface area contributed by atoms with Crippen LogP contribution >= 0.6 is 22.9 Å². The lowest BCUT2D eigenvalue weighted by molar-refractivity contribution is -0.136. The van der Waals surface area contributed by atoms with Gasteiger partial charge in [-0.15, -0.1) is 0 Å². The number of rotatable bonds is 5. The van der Waals surface area contributed by atoms with Crippen molar-refractivity contribution >= 4 is 44.3 Å². The van der Waals surface area contributed by atoms with E-state index in [2.05, 4.69) is 29.7 Å². The first-order valence-corrected chi connectivity index (χ1v) is 10.9.